The van der Waals surface area contributed by atoms with Crippen molar-refractivity contribution in [1.29, 1.82) is 0 Å². The van der Waals surface area contributed by atoms with Gasteiger partial charge in [-0.05, 0) is 55.7 Å². The van der Waals surface area contributed by atoms with Gasteiger partial charge in [-0.2, -0.15) is 0 Å². The Morgan fingerprint density at radius 1 is 0.893 bits per heavy atom. The van der Waals surface area contributed by atoms with Crippen LogP contribution < -0.4 is 20.1 Å². The summed E-state index contributed by atoms with van der Waals surface area (Å²) in [6.07, 6.45) is 0.929. The van der Waals surface area contributed by atoms with Crippen molar-refractivity contribution in [1.82, 2.24) is 5.32 Å². The first-order chi connectivity index (χ1) is 13.3. The van der Waals surface area contributed by atoms with Gasteiger partial charge in [0.15, 0.2) is 11.5 Å². The maximum absolute atomic E-state index is 12.6. The molecule has 28 heavy (non-hydrogen) atoms. The van der Waals surface area contributed by atoms with E-state index < -0.39 is 5.41 Å². The standard InChI is InChI=1S/C22H28N2O4/c1-6-15-7-10-17(11-8-15)24-21(26)22(2,3)20(25)23-14-16-9-12-18(27-4)19(13-16)28-5/h7-13H,6,14H2,1-5H3,(H,23,25)(H,24,26). The molecule has 150 valence electrons. The smallest absolute Gasteiger partial charge is 0.239 e. The fourth-order valence-corrected chi connectivity index (χ4v) is 2.61. The van der Waals surface area contributed by atoms with E-state index in [1.165, 1.54) is 5.56 Å². The minimum absolute atomic E-state index is 0.279. The molecule has 2 aromatic carbocycles. The molecule has 6 heteroatoms. The van der Waals surface area contributed by atoms with Gasteiger partial charge in [-0.25, -0.2) is 0 Å². The maximum Gasteiger partial charge on any atom is 0.239 e. The van der Waals surface area contributed by atoms with Crippen molar-refractivity contribution in [2.24, 2.45) is 5.41 Å². The number of ether oxygens (including phenoxy) is 2. The van der Waals surface area contributed by atoms with Crippen molar-refractivity contribution >= 4 is 17.5 Å². The van der Waals surface area contributed by atoms with E-state index in [9.17, 15) is 9.59 Å². The predicted octanol–water partition coefficient (Wildman–Crippen LogP) is 3.55. The van der Waals surface area contributed by atoms with Crippen LogP contribution in [0.1, 0.15) is 31.9 Å². The monoisotopic (exact) mass is 384 g/mol. The summed E-state index contributed by atoms with van der Waals surface area (Å²) in [7, 11) is 3.12. The quantitative estimate of drug-likeness (QED) is 0.683. The molecule has 0 spiro atoms. The summed E-state index contributed by atoms with van der Waals surface area (Å²) >= 11 is 0. The van der Waals surface area contributed by atoms with Crippen LogP contribution in [0.4, 0.5) is 5.69 Å². The Morgan fingerprint density at radius 2 is 1.50 bits per heavy atom. The largest absolute Gasteiger partial charge is 0.493 e. The number of benzene rings is 2. The SMILES string of the molecule is CCc1ccc(NC(=O)C(C)(C)C(=O)NCc2ccc(OC)c(OC)c2)cc1. The lowest BCUT2D eigenvalue weighted by atomic mass is 9.90. The van der Waals surface area contributed by atoms with Gasteiger partial charge in [-0.3, -0.25) is 9.59 Å². The molecule has 2 amide bonds. The summed E-state index contributed by atoms with van der Waals surface area (Å²) in [5.74, 6) is 0.486. The van der Waals surface area contributed by atoms with E-state index in [0.29, 0.717) is 17.2 Å². The summed E-state index contributed by atoms with van der Waals surface area (Å²) in [6, 6.07) is 13.0. The van der Waals surface area contributed by atoms with Crippen LogP contribution in [0.25, 0.3) is 0 Å². The average Bonchev–Trinajstić information content (AvgIpc) is 2.72. The van der Waals surface area contributed by atoms with Gasteiger partial charge in [0.25, 0.3) is 0 Å². The minimum Gasteiger partial charge on any atom is -0.493 e. The highest BCUT2D eigenvalue weighted by atomic mass is 16.5. The van der Waals surface area contributed by atoms with Gasteiger partial charge >= 0.3 is 0 Å². The average molecular weight is 384 g/mol. The molecule has 0 saturated carbocycles. The number of amides is 2. The van der Waals surface area contributed by atoms with E-state index in [0.717, 1.165) is 12.0 Å². The van der Waals surface area contributed by atoms with Gasteiger partial charge in [-0.15, -0.1) is 0 Å². The van der Waals surface area contributed by atoms with Crippen molar-refractivity contribution in [2.45, 2.75) is 33.7 Å². The second-order valence-electron chi connectivity index (χ2n) is 7.00. The highest BCUT2D eigenvalue weighted by molar-refractivity contribution is 6.09. The number of rotatable bonds is 8. The molecule has 0 unspecified atom stereocenters. The lowest BCUT2D eigenvalue weighted by molar-refractivity contribution is -0.138. The summed E-state index contributed by atoms with van der Waals surface area (Å²) in [6.45, 7) is 5.56. The predicted molar refractivity (Wildman–Crippen MR) is 110 cm³/mol. The van der Waals surface area contributed by atoms with E-state index in [4.69, 9.17) is 9.47 Å². The topological polar surface area (TPSA) is 76.7 Å². The Balaban J connectivity index is 2.00. The molecule has 0 aliphatic heterocycles. The number of hydrogen-bond donors (Lipinski definition) is 2. The van der Waals surface area contributed by atoms with E-state index in [-0.39, 0.29) is 18.4 Å². The van der Waals surface area contributed by atoms with Gasteiger partial charge in [0.1, 0.15) is 5.41 Å². The molecule has 0 aliphatic carbocycles. The van der Waals surface area contributed by atoms with Gasteiger partial charge in [0.05, 0.1) is 14.2 Å². The van der Waals surface area contributed by atoms with Crippen LogP contribution in [-0.4, -0.2) is 26.0 Å². The minimum atomic E-state index is -1.22. The van der Waals surface area contributed by atoms with Crippen molar-refractivity contribution in [3.63, 3.8) is 0 Å². The lowest BCUT2D eigenvalue weighted by Crippen LogP contribution is -2.44. The van der Waals surface area contributed by atoms with Crippen molar-refractivity contribution in [3.05, 3.63) is 53.6 Å². The highest BCUT2D eigenvalue weighted by Crippen LogP contribution is 2.27. The van der Waals surface area contributed by atoms with Crippen LogP contribution in [0.15, 0.2) is 42.5 Å². The zero-order valence-electron chi connectivity index (χ0n) is 17.1. The third-order valence-electron chi connectivity index (χ3n) is 4.66. The Kier molecular flexibility index (Phi) is 7.04. The van der Waals surface area contributed by atoms with Crippen LogP contribution in [0.2, 0.25) is 0 Å². The number of nitrogens with one attached hydrogen (secondary N) is 2. The van der Waals surface area contributed by atoms with E-state index >= 15 is 0 Å². The molecular weight excluding hydrogens is 356 g/mol. The summed E-state index contributed by atoms with van der Waals surface area (Å²) in [5, 5.41) is 5.63. The molecule has 2 N–H and O–H groups in total. The summed E-state index contributed by atoms with van der Waals surface area (Å²) in [4.78, 5) is 25.2. The molecule has 0 aliphatic rings. The van der Waals surface area contributed by atoms with Crippen LogP contribution in [0.5, 0.6) is 11.5 Å². The number of aryl methyl sites for hydroxylation is 1. The van der Waals surface area contributed by atoms with Crippen molar-refractivity contribution in [2.75, 3.05) is 19.5 Å². The zero-order valence-corrected chi connectivity index (χ0v) is 17.1. The molecule has 0 heterocycles. The van der Waals surface area contributed by atoms with E-state index in [2.05, 4.69) is 17.6 Å². The molecule has 0 fully saturated rings. The molecule has 0 bridgehead atoms. The fraction of sp³-hybridized carbons (Fsp3) is 0.364. The summed E-state index contributed by atoms with van der Waals surface area (Å²) < 4.78 is 10.5. The van der Waals surface area contributed by atoms with Crippen LogP contribution in [0.3, 0.4) is 0 Å². The van der Waals surface area contributed by atoms with Crippen LogP contribution >= 0.6 is 0 Å². The number of carbonyl (C=O) groups excluding carboxylic acids is 2. The number of hydrogen-bond acceptors (Lipinski definition) is 4. The molecule has 0 saturated heterocycles. The third kappa shape index (κ3) is 5.03. The number of carbonyl (C=O) groups is 2. The molecule has 6 nitrogen and oxygen atoms in total. The maximum atomic E-state index is 12.6. The van der Waals surface area contributed by atoms with Gasteiger partial charge in [-0.1, -0.05) is 25.1 Å². The summed E-state index contributed by atoms with van der Waals surface area (Å²) in [5.41, 5.74) is 1.48. The van der Waals surface area contributed by atoms with E-state index in [1.807, 2.05) is 30.3 Å². The first-order valence-corrected chi connectivity index (χ1v) is 9.21. The molecule has 0 radical (unpaired) electrons. The zero-order chi connectivity index (χ0) is 20.7. The van der Waals surface area contributed by atoms with Gasteiger partial charge in [0, 0.05) is 12.2 Å². The van der Waals surface area contributed by atoms with Crippen molar-refractivity contribution < 1.29 is 19.1 Å². The molecule has 2 rings (SSSR count). The van der Waals surface area contributed by atoms with E-state index in [1.54, 1.807) is 40.2 Å². The Hall–Kier alpha value is -3.02. The van der Waals surface area contributed by atoms with Crippen LogP contribution in [-0.2, 0) is 22.6 Å². The molecule has 0 aromatic heterocycles. The Bertz CT molecular complexity index is 829. The van der Waals surface area contributed by atoms with Crippen molar-refractivity contribution in [3.8, 4) is 11.5 Å². The Morgan fingerprint density at radius 3 is 2.07 bits per heavy atom. The molecular formula is C22H28N2O4. The second-order valence-corrected chi connectivity index (χ2v) is 7.00. The van der Waals surface area contributed by atoms with Gasteiger partial charge < -0.3 is 20.1 Å². The second kappa shape index (κ2) is 9.26. The normalized spacial score (nSPS) is 10.9. The van der Waals surface area contributed by atoms with Gasteiger partial charge in [0.2, 0.25) is 11.8 Å². The number of methoxy groups -OCH3 is 2. The molecule has 0 atom stereocenters. The number of anilines is 1. The first kappa shape index (κ1) is 21.3. The lowest BCUT2D eigenvalue weighted by Gasteiger charge is -2.23. The Labute approximate surface area is 166 Å². The highest BCUT2D eigenvalue weighted by Gasteiger charge is 2.36. The van der Waals surface area contributed by atoms with Crippen LogP contribution in [0, 0.1) is 5.41 Å². The first-order valence-electron chi connectivity index (χ1n) is 9.21. The third-order valence-corrected chi connectivity index (χ3v) is 4.66. The molecule has 2 aromatic rings. The fourth-order valence-electron chi connectivity index (χ4n) is 2.61.